The van der Waals surface area contributed by atoms with Crippen LogP contribution in [0.5, 0.6) is 0 Å². The zero-order valence-electron chi connectivity index (χ0n) is 10.5. The van der Waals surface area contributed by atoms with E-state index in [-0.39, 0.29) is 16.9 Å². The van der Waals surface area contributed by atoms with Gasteiger partial charge in [-0.05, 0) is 11.6 Å². The molecule has 0 unspecified atom stereocenters. The summed E-state index contributed by atoms with van der Waals surface area (Å²) >= 11 is 5.77. The fraction of sp³-hybridized carbons (Fsp3) is 0.455. The highest BCUT2D eigenvalue weighted by Gasteiger charge is 2.21. The van der Waals surface area contributed by atoms with Gasteiger partial charge in [-0.3, -0.25) is 9.59 Å². The summed E-state index contributed by atoms with van der Waals surface area (Å²) in [5, 5.41) is -0.0136. The summed E-state index contributed by atoms with van der Waals surface area (Å²) in [5.74, 6) is -0.0388. The van der Waals surface area contributed by atoms with Crippen LogP contribution in [0.1, 0.15) is 17.4 Å². The predicted octanol–water partition coefficient (Wildman–Crippen LogP) is -0.103. The van der Waals surface area contributed by atoms with Crippen LogP contribution in [0.3, 0.4) is 0 Å². The van der Waals surface area contributed by atoms with Crippen LogP contribution < -0.4 is 10.6 Å². The Kier molecular flexibility index (Phi) is 3.84. The Morgan fingerprint density at radius 1 is 1.26 bits per heavy atom. The van der Waals surface area contributed by atoms with Crippen LogP contribution in [-0.2, 0) is 4.79 Å². The number of anilines is 1. The highest BCUT2D eigenvalue weighted by atomic mass is 35.5. The van der Waals surface area contributed by atoms with E-state index in [1.54, 1.807) is 11.8 Å². The Morgan fingerprint density at radius 2 is 1.89 bits per heavy atom. The summed E-state index contributed by atoms with van der Waals surface area (Å²) in [6.45, 7) is 4.03. The third-order valence-electron chi connectivity index (χ3n) is 2.99. The molecule has 1 aliphatic rings. The summed E-state index contributed by atoms with van der Waals surface area (Å²) in [7, 11) is 0. The van der Waals surface area contributed by atoms with E-state index < -0.39 is 5.91 Å². The number of nitrogens with two attached hydrogens (primary N) is 1. The maximum atomic E-state index is 11.2. The second-order valence-electron chi connectivity index (χ2n) is 4.24. The molecule has 8 heteroatoms. The highest BCUT2D eigenvalue weighted by Crippen LogP contribution is 2.17. The number of carbonyl (C=O) groups excluding carboxylic acids is 2. The molecule has 1 aromatic heterocycles. The number of rotatable bonds is 2. The maximum absolute atomic E-state index is 11.2. The first kappa shape index (κ1) is 13.5. The van der Waals surface area contributed by atoms with Gasteiger partial charge in [0.15, 0.2) is 0 Å². The van der Waals surface area contributed by atoms with Crippen molar-refractivity contribution < 1.29 is 9.59 Å². The molecule has 0 bridgehead atoms. The van der Waals surface area contributed by atoms with Crippen molar-refractivity contribution in [2.75, 3.05) is 31.1 Å². The topological polar surface area (TPSA) is 92.4 Å². The van der Waals surface area contributed by atoms with Gasteiger partial charge in [-0.25, -0.2) is 9.97 Å². The van der Waals surface area contributed by atoms with E-state index in [4.69, 9.17) is 17.3 Å². The normalized spacial score (nSPS) is 15.5. The molecule has 1 aromatic rings. The second-order valence-corrected chi connectivity index (χ2v) is 4.58. The van der Waals surface area contributed by atoms with Crippen molar-refractivity contribution >= 4 is 29.2 Å². The van der Waals surface area contributed by atoms with E-state index in [9.17, 15) is 9.59 Å². The van der Waals surface area contributed by atoms with Crippen molar-refractivity contribution in [2.24, 2.45) is 5.73 Å². The van der Waals surface area contributed by atoms with Crippen LogP contribution in [0.15, 0.2) is 6.07 Å². The lowest BCUT2D eigenvalue weighted by atomic mass is 10.3. The Hall–Kier alpha value is -1.89. The van der Waals surface area contributed by atoms with Gasteiger partial charge < -0.3 is 15.5 Å². The second kappa shape index (κ2) is 5.40. The molecule has 1 fully saturated rings. The first-order chi connectivity index (χ1) is 8.97. The molecule has 1 aliphatic heterocycles. The molecular weight excluding hydrogens is 270 g/mol. The fourth-order valence-corrected chi connectivity index (χ4v) is 2.12. The van der Waals surface area contributed by atoms with Gasteiger partial charge in [-0.2, -0.15) is 0 Å². The number of aromatic nitrogens is 2. The first-order valence-corrected chi connectivity index (χ1v) is 6.20. The van der Waals surface area contributed by atoms with Gasteiger partial charge in [0.25, 0.3) is 5.91 Å². The van der Waals surface area contributed by atoms with E-state index in [0.717, 1.165) is 0 Å². The summed E-state index contributed by atoms with van der Waals surface area (Å²) in [4.78, 5) is 33.9. The molecule has 0 radical (unpaired) electrons. The average Bonchev–Trinajstić information content (AvgIpc) is 2.38. The van der Waals surface area contributed by atoms with Crippen molar-refractivity contribution in [3.63, 3.8) is 0 Å². The Balaban J connectivity index is 2.15. The van der Waals surface area contributed by atoms with Gasteiger partial charge >= 0.3 is 0 Å². The largest absolute Gasteiger partial charge is 0.364 e. The summed E-state index contributed by atoms with van der Waals surface area (Å²) in [6.07, 6.45) is 0. The standard InChI is InChI=1S/C11H14ClN5O2/c1-7(18)16-2-4-17(5-3-16)9-6-8(10(13)19)14-11(12)15-9/h6H,2-5H2,1H3,(H2,13,19). The smallest absolute Gasteiger partial charge is 0.267 e. The number of carbonyl (C=O) groups is 2. The SMILES string of the molecule is CC(=O)N1CCN(c2cc(C(N)=O)nc(Cl)n2)CC1. The van der Waals surface area contributed by atoms with E-state index in [1.165, 1.54) is 6.07 Å². The van der Waals surface area contributed by atoms with Crippen molar-refractivity contribution in [2.45, 2.75) is 6.92 Å². The van der Waals surface area contributed by atoms with Gasteiger partial charge in [0.1, 0.15) is 11.5 Å². The molecule has 0 aliphatic carbocycles. The summed E-state index contributed by atoms with van der Waals surface area (Å²) in [5.41, 5.74) is 5.27. The summed E-state index contributed by atoms with van der Waals surface area (Å²) < 4.78 is 0. The minimum absolute atomic E-state index is 0.0136. The van der Waals surface area contributed by atoms with Crippen LogP contribution in [-0.4, -0.2) is 52.9 Å². The lowest BCUT2D eigenvalue weighted by molar-refractivity contribution is -0.129. The summed E-state index contributed by atoms with van der Waals surface area (Å²) in [6, 6.07) is 1.51. The molecule has 0 aromatic carbocycles. The molecule has 102 valence electrons. The molecule has 2 heterocycles. The molecule has 7 nitrogen and oxygen atoms in total. The van der Waals surface area contributed by atoms with Crippen molar-refractivity contribution in [3.8, 4) is 0 Å². The van der Waals surface area contributed by atoms with E-state index in [0.29, 0.717) is 32.0 Å². The van der Waals surface area contributed by atoms with Gasteiger partial charge in [0.05, 0.1) is 0 Å². The quantitative estimate of drug-likeness (QED) is 0.765. The van der Waals surface area contributed by atoms with Crippen molar-refractivity contribution in [3.05, 3.63) is 17.0 Å². The predicted molar refractivity (Wildman–Crippen MR) is 70.0 cm³/mol. The molecule has 2 N–H and O–H groups in total. The minimum Gasteiger partial charge on any atom is -0.364 e. The number of hydrogen-bond acceptors (Lipinski definition) is 5. The Labute approximate surface area is 115 Å². The fourth-order valence-electron chi connectivity index (χ4n) is 1.94. The van der Waals surface area contributed by atoms with Gasteiger partial charge in [-0.1, -0.05) is 0 Å². The molecule has 2 rings (SSSR count). The molecule has 0 spiro atoms. The lowest BCUT2D eigenvalue weighted by Gasteiger charge is -2.34. The third-order valence-corrected chi connectivity index (χ3v) is 3.16. The van der Waals surface area contributed by atoms with E-state index in [1.807, 2.05) is 4.90 Å². The number of piperazine rings is 1. The Morgan fingerprint density at radius 3 is 2.42 bits per heavy atom. The molecule has 1 saturated heterocycles. The lowest BCUT2D eigenvalue weighted by Crippen LogP contribution is -2.48. The highest BCUT2D eigenvalue weighted by molar-refractivity contribution is 6.28. The first-order valence-electron chi connectivity index (χ1n) is 5.82. The number of hydrogen-bond donors (Lipinski definition) is 1. The van der Waals surface area contributed by atoms with Gasteiger partial charge in [-0.15, -0.1) is 0 Å². The zero-order valence-corrected chi connectivity index (χ0v) is 11.2. The van der Waals surface area contributed by atoms with Crippen LogP contribution >= 0.6 is 11.6 Å². The van der Waals surface area contributed by atoms with Crippen molar-refractivity contribution in [1.29, 1.82) is 0 Å². The molecular formula is C11H14ClN5O2. The van der Waals surface area contributed by atoms with Crippen LogP contribution in [0.4, 0.5) is 5.82 Å². The molecule has 2 amide bonds. The van der Waals surface area contributed by atoms with Crippen LogP contribution in [0.25, 0.3) is 0 Å². The number of nitrogens with zero attached hydrogens (tertiary/aromatic N) is 4. The molecule has 0 atom stereocenters. The van der Waals surface area contributed by atoms with E-state index >= 15 is 0 Å². The average molecular weight is 284 g/mol. The molecule has 19 heavy (non-hydrogen) atoms. The van der Waals surface area contributed by atoms with Gasteiger partial charge in [0.2, 0.25) is 11.2 Å². The van der Waals surface area contributed by atoms with Crippen LogP contribution in [0.2, 0.25) is 5.28 Å². The minimum atomic E-state index is -0.645. The number of halogens is 1. The van der Waals surface area contributed by atoms with Gasteiger partial charge in [0, 0.05) is 39.2 Å². The number of primary amides is 1. The van der Waals surface area contributed by atoms with Crippen LogP contribution in [0, 0.1) is 0 Å². The zero-order chi connectivity index (χ0) is 14.0. The third kappa shape index (κ3) is 3.11. The monoisotopic (exact) mass is 283 g/mol. The van der Waals surface area contributed by atoms with Crippen molar-refractivity contribution in [1.82, 2.24) is 14.9 Å². The molecule has 0 saturated carbocycles. The maximum Gasteiger partial charge on any atom is 0.267 e. The Bertz CT molecular complexity index is 514. The number of amides is 2. The van der Waals surface area contributed by atoms with E-state index in [2.05, 4.69) is 9.97 Å².